The summed E-state index contributed by atoms with van der Waals surface area (Å²) in [6.45, 7) is 9.75. The SMILES string of the molecule is Cc1ccc(S(=O)(=O)N[C@@H](C)C(C)C)cc1C. The molecule has 0 radical (unpaired) electrons. The molecular weight excluding hydrogens is 234 g/mol. The van der Waals surface area contributed by atoms with Crippen LogP contribution in [0.1, 0.15) is 31.9 Å². The van der Waals surface area contributed by atoms with Crippen LogP contribution in [0.25, 0.3) is 0 Å². The van der Waals surface area contributed by atoms with Crippen molar-refractivity contribution in [3.05, 3.63) is 29.3 Å². The Kier molecular flexibility index (Phi) is 4.33. The number of hydrogen-bond donors (Lipinski definition) is 1. The molecule has 0 heterocycles. The zero-order valence-corrected chi connectivity index (χ0v) is 11.9. The molecule has 0 fully saturated rings. The van der Waals surface area contributed by atoms with E-state index in [1.807, 2.05) is 40.7 Å². The van der Waals surface area contributed by atoms with Gasteiger partial charge in [-0.05, 0) is 49.9 Å². The number of aryl methyl sites for hydroxylation is 2. The molecule has 1 rings (SSSR count). The zero-order chi connectivity index (χ0) is 13.2. The van der Waals surface area contributed by atoms with Crippen molar-refractivity contribution in [1.29, 1.82) is 0 Å². The molecule has 0 saturated heterocycles. The van der Waals surface area contributed by atoms with E-state index in [1.165, 1.54) is 0 Å². The highest BCUT2D eigenvalue weighted by Gasteiger charge is 2.19. The minimum Gasteiger partial charge on any atom is -0.208 e. The summed E-state index contributed by atoms with van der Waals surface area (Å²) in [5.41, 5.74) is 2.09. The van der Waals surface area contributed by atoms with Crippen LogP contribution in [-0.4, -0.2) is 14.5 Å². The van der Waals surface area contributed by atoms with Gasteiger partial charge in [0.05, 0.1) is 4.90 Å². The first-order valence-electron chi connectivity index (χ1n) is 5.83. The molecule has 17 heavy (non-hydrogen) atoms. The highest BCUT2D eigenvalue weighted by molar-refractivity contribution is 7.89. The van der Waals surface area contributed by atoms with Gasteiger partial charge in [-0.2, -0.15) is 0 Å². The number of hydrogen-bond acceptors (Lipinski definition) is 2. The van der Waals surface area contributed by atoms with Crippen LogP contribution in [-0.2, 0) is 10.0 Å². The van der Waals surface area contributed by atoms with E-state index in [0.29, 0.717) is 4.90 Å². The number of benzene rings is 1. The summed E-state index contributed by atoms with van der Waals surface area (Å²) in [7, 11) is -3.39. The van der Waals surface area contributed by atoms with Crippen molar-refractivity contribution in [2.75, 3.05) is 0 Å². The van der Waals surface area contributed by atoms with Crippen LogP contribution < -0.4 is 4.72 Å². The molecular formula is C13H21NO2S. The van der Waals surface area contributed by atoms with Gasteiger partial charge in [-0.1, -0.05) is 19.9 Å². The predicted molar refractivity (Wildman–Crippen MR) is 70.5 cm³/mol. The quantitative estimate of drug-likeness (QED) is 0.899. The molecule has 0 bridgehead atoms. The van der Waals surface area contributed by atoms with Gasteiger partial charge in [-0.3, -0.25) is 0 Å². The number of nitrogens with one attached hydrogen (secondary N) is 1. The van der Waals surface area contributed by atoms with Crippen molar-refractivity contribution >= 4 is 10.0 Å². The molecule has 0 unspecified atom stereocenters. The predicted octanol–water partition coefficient (Wildman–Crippen LogP) is 2.63. The lowest BCUT2D eigenvalue weighted by Crippen LogP contribution is -2.36. The monoisotopic (exact) mass is 255 g/mol. The van der Waals surface area contributed by atoms with E-state index in [2.05, 4.69) is 4.72 Å². The Morgan fingerprint density at radius 2 is 1.65 bits per heavy atom. The Labute approximate surface area is 104 Å². The van der Waals surface area contributed by atoms with Gasteiger partial charge in [-0.15, -0.1) is 0 Å². The first-order valence-corrected chi connectivity index (χ1v) is 7.32. The van der Waals surface area contributed by atoms with Gasteiger partial charge in [0.2, 0.25) is 10.0 Å². The molecule has 1 atom stereocenters. The molecule has 0 aliphatic carbocycles. The van der Waals surface area contributed by atoms with Gasteiger partial charge in [0, 0.05) is 6.04 Å². The summed E-state index contributed by atoms with van der Waals surface area (Å²) in [5.74, 6) is 0.274. The first kappa shape index (κ1) is 14.2. The zero-order valence-electron chi connectivity index (χ0n) is 11.1. The topological polar surface area (TPSA) is 46.2 Å². The third-order valence-electron chi connectivity index (χ3n) is 3.13. The molecule has 0 saturated carbocycles. The molecule has 0 spiro atoms. The second-order valence-corrected chi connectivity index (χ2v) is 6.61. The summed E-state index contributed by atoms with van der Waals surface area (Å²) in [6, 6.07) is 5.13. The highest BCUT2D eigenvalue weighted by Crippen LogP contribution is 2.15. The van der Waals surface area contributed by atoms with Crippen molar-refractivity contribution in [2.24, 2.45) is 5.92 Å². The molecule has 4 heteroatoms. The number of rotatable bonds is 4. The normalized spacial score (nSPS) is 14.0. The molecule has 1 N–H and O–H groups in total. The van der Waals surface area contributed by atoms with Gasteiger partial charge in [0.25, 0.3) is 0 Å². The van der Waals surface area contributed by atoms with E-state index in [9.17, 15) is 8.42 Å². The van der Waals surface area contributed by atoms with Gasteiger partial charge in [0.15, 0.2) is 0 Å². The third kappa shape index (κ3) is 3.54. The minimum absolute atomic E-state index is 0.0680. The largest absolute Gasteiger partial charge is 0.240 e. The summed E-state index contributed by atoms with van der Waals surface area (Å²) in [5, 5.41) is 0. The molecule has 1 aromatic carbocycles. The standard InChI is InChI=1S/C13H21NO2S/c1-9(2)12(5)14-17(15,16)13-7-6-10(3)11(4)8-13/h6-9,12,14H,1-5H3/t12-/m0/s1. The minimum atomic E-state index is -3.39. The number of sulfonamides is 1. The third-order valence-corrected chi connectivity index (χ3v) is 4.69. The summed E-state index contributed by atoms with van der Waals surface area (Å²) in [6.07, 6.45) is 0. The van der Waals surface area contributed by atoms with E-state index in [-0.39, 0.29) is 12.0 Å². The second-order valence-electron chi connectivity index (χ2n) is 4.90. The van der Waals surface area contributed by atoms with Crippen LogP contribution in [0.15, 0.2) is 23.1 Å². The highest BCUT2D eigenvalue weighted by atomic mass is 32.2. The average Bonchev–Trinajstić information content (AvgIpc) is 2.21. The molecule has 0 aliphatic rings. The fraction of sp³-hybridized carbons (Fsp3) is 0.538. The lowest BCUT2D eigenvalue weighted by atomic mass is 10.1. The molecule has 96 valence electrons. The van der Waals surface area contributed by atoms with Crippen LogP contribution >= 0.6 is 0 Å². The Balaban J connectivity index is 3.01. The van der Waals surface area contributed by atoms with Crippen molar-refractivity contribution in [3.8, 4) is 0 Å². The van der Waals surface area contributed by atoms with Crippen molar-refractivity contribution < 1.29 is 8.42 Å². The van der Waals surface area contributed by atoms with Crippen LogP contribution in [0.3, 0.4) is 0 Å². The Bertz CT molecular complexity index is 492. The first-order chi connectivity index (χ1) is 7.74. The lowest BCUT2D eigenvalue weighted by Gasteiger charge is -2.17. The van der Waals surface area contributed by atoms with E-state index >= 15 is 0 Å². The van der Waals surface area contributed by atoms with Crippen molar-refractivity contribution in [1.82, 2.24) is 4.72 Å². The van der Waals surface area contributed by atoms with Crippen molar-refractivity contribution in [3.63, 3.8) is 0 Å². The fourth-order valence-electron chi connectivity index (χ4n) is 1.33. The molecule has 0 amide bonds. The Morgan fingerprint density at radius 1 is 1.06 bits per heavy atom. The van der Waals surface area contributed by atoms with E-state index in [1.54, 1.807) is 12.1 Å². The Hall–Kier alpha value is -0.870. The van der Waals surface area contributed by atoms with Gasteiger partial charge >= 0.3 is 0 Å². The Morgan fingerprint density at radius 3 is 2.12 bits per heavy atom. The van der Waals surface area contributed by atoms with Crippen LogP contribution in [0.2, 0.25) is 0 Å². The second kappa shape index (κ2) is 5.19. The average molecular weight is 255 g/mol. The molecule has 1 aromatic rings. The van der Waals surface area contributed by atoms with E-state index < -0.39 is 10.0 Å². The lowest BCUT2D eigenvalue weighted by molar-refractivity contribution is 0.476. The van der Waals surface area contributed by atoms with Crippen LogP contribution in [0.4, 0.5) is 0 Å². The maximum atomic E-state index is 12.1. The summed E-state index contributed by atoms with van der Waals surface area (Å²) in [4.78, 5) is 0.341. The van der Waals surface area contributed by atoms with Gasteiger partial charge < -0.3 is 0 Å². The van der Waals surface area contributed by atoms with Gasteiger partial charge in [0.1, 0.15) is 0 Å². The maximum absolute atomic E-state index is 12.1. The maximum Gasteiger partial charge on any atom is 0.240 e. The van der Waals surface area contributed by atoms with Crippen LogP contribution in [0, 0.1) is 19.8 Å². The van der Waals surface area contributed by atoms with Gasteiger partial charge in [-0.25, -0.2) is 13.1 Å². The molecule has 3 nitrogen and oxygen atoms in total. The fourth-order valence-corrected chi connectivity index (χ4v) is 2.81. The molecule has 0 aromatic heterocycles. The smallest absolute Gasteiger partial charge is 0.208 e. The van der Waals surface area contributed by atoms with Crippen molar-refractivity contribution in [2.45, 2.75) is 45.6 Å². The summed E-state index contributed by atoms with van der Waals surface area (Å²) >= 11 is 0. The molecule has 0 aliphatic heterocycles. The summed E-state index contributed by atoms with van der Waals surface area (Å²) < 4.78 is 26.9. The van der Waals surface area contributed by atoms with E-state index in [4.69, 9.17) is 0 Å². The van der Waals surface area contributed by atoms with E-state index in [0.717, 1.165) is 11.1 Å². The van der Waals surface area contributed by atoms with Crippen LogP contribution in [0.5, 0.6) is 0 Å².